The molecule has 0 saturated heterocycles. The lowest BCUT2D eigenvalue weighted by Crippen LogP contribution is -2.27. The Morgan fingerprint density at radius 2 is 0.652 bits per heavy atom. The van der Waals surface area contributed by atoms with Crippen molar-refractivity contribution in [3.63, 3.8) is 0 Å². The van der Waals surface area contributed by atoms with Crippen molar-refractivity contribution in [1.29, 1.82) is 0 Å². The normalized spacial score (nSPS) is 12.4. The van der Waals surface area contributed by atoms with Crippen LogP contribution in [0.1, 0.15) is 25.0 Å². The second-order valence-electron chi connectivity index (χ2n) is 13.4. The highest BCUT2D eigenvalue weighted by molar-refractivity contribution is 6.70. The molecule has 0 bridgehead atoms. The summed E-state index contributed by atoms with van der Waals surface area (Å²) < 4.78 is 51.1. The third-order valence-electron chi connectivity index (χ3n) is 6.79. The third-order valence-corrected chi connectivity index (χ3v) is 8.93. The predicted octanol–water partition coefficient (Wildman–Crippen LogP) is 6.56. The van der Waals surface area contributed by atoms with Crippen molar-refractivity contribution in [2.24, 2.45) is 0 Å². The molecular formula is C35H60O9Si2. The van der Waals surface area contributed by atoms with Gasteiger partial charge in [-0.15, -0.1) is 0 Å². The summed E-state index contributed by atoms with van der Waals surface area (Å²) in [6.45, 7) is 25.2. The summed E-state index contributed by atoms with van der Waals surface area (Å²) in [5, 5.41) is 0. The van der Waals surface area contributed by atoms with Crippen molar-refractivity contribution in [1.82, 2.24) is 0 Å². The van der Waals surface area contributed by atoms with Crippen molar-refractivity contribution in [3.8, 4) is 11.5 Å². The Kier molecular flexibility index (Phi) is 19.3. The quantitative estimate of drug-likeness (QED) is 0.0770. The van der Waals surface area contributed by atoms with Crippen molar-refractivity contribution >= 4 is 16.6 Å². The van der Waals surface area contributed by atoms with E-state index in [-0.39, 0.29) is 5.41 Å². The van der Waals surface area contributed by atoms with Crippen LogP contribution in [0.3, 0.4) is 0 Å². The first-order chi connectivity index (χ1) is 21.9. The molecule has 2 aromatic carbocycles. The van der Waals surface area contributed by atoms with Crippen molar-refractivity contribution in [2.45, 2.75) is 58.5 Å². The summed E-state index contributed by atoms with van der Waals surface area (Å²) >= 11 is 0. The summed E-state index contributed by atoms with van der Waals surface area (Å²) in [5.74, 6) is 1.65. The van der Waals surface area contributed by atoms with E-state index in [2.05, 4.69) is 77.4 Å². The van der Waals surface area contributed by atoms with Crippen molar-refractivity contribution in [2.75, 3.05) is 92.5 Å². The zero-order valence-electron chi connectivity index (χ0n) is 29.7. The first kappa shape index (κ1) is 40.4. The van der Waals surface area contributed by atoms with Crippen LogP contribution in [0.4, 0.5) is 0 Å². The molecule has 0 aromatic heterocycles. The SMILES string of the molecule is CC(C)(c1ccc(OCCOCCOCCOCCO[Si](C)(C)C)cc1)c1ccc(OCCOCCOCCO[Si](C)(C)C)cc1. The number of benzene rings is 2. The Morgan fingerprint density at radius 3 is 0.935 bits per heavy atom. The molecule has 11 heteroatoms. The van der Waals surface area contributed by atoms with Crippen LogP contribution in [-0.2, 0) is 38.0 Å². The van der Waals surface area contributed by atoms with E-state index in [0.29, 0.717) is 92.5 Å². The molecule has 0 fully saturated rings. The molecule has 0 spiro atoms. The molecule has 0 N–H and O–H groups in total. The molecule has 0 atom stereocenters. The third kappa shape index (κ3) is 19.1. The van der Waals surface area contributed by atoms with Gasteiger partial charge < -0.3 is 42.0 Å². The average molecular weight is 681 g/mol. The molecule has 0 heterocycles. The minimum atomic E-state index is -1.47. The maximum Gasteiger partial charge on any atom is 0.183 e. The Balaban J connectivity index is 1.55. The van der Waals surface area contributed by atoms with Crippen LogP contribution >= 0.6 is 0 Å². The van der Waals surface area contributed by atoms with E-state index in [1.807, 2.05) is 24.3 Å². The molecule has 0 saturated carbocycles. The largest absolute Gasteiger partial charge is 0.491 e. The number of hydrogen-bond donors (Lipinski definition) is 0. The minimum absolute atomic E-state index is 0.170. The van der Waals surface area contributed by atoms with Gasteiger partial charge in [0.05, 0.1) is 79.3 Å². The Bertz CT molecular complexity index is 1040. The lowest BCUT2D eigenvalue weighted by atomic mass is 9.78. The van der Waals surface area contributed by atoms with Crippen LogP contribution in [0.2, 0.25) is 39.3 Å². The number of rotatable bonds is 27. The van der Waals surface area contributed by atoms with Gasteiger partial charge in [-0.3, -0.25) is 0 Å². The second kappa shape index (κ2) is 21.9. The van der Waals surface area contributed by atoms with Gasteiger partial charge in [-0.05, 0) is 74.7 Å². The molecule has 0 radical (unpaired) electrons. The molecule has 0 amide bonds. The summed E-state index contributed by atoms with van der Waals surface area (Å²) in [6, 6.07) is 16.5. The monoisotopic (exact) mass is 680 g/mol. The fourth-order valence-electron chi connectivity index (χ4n) is 4.22. The predicted molar refractivity (Wildman–Crippen MR) is 189 cm³/mol. The first-order valence-corrected chi connectivity index (χ1v) is 23.3. The van der Waals surface area contributed by atoms with E-state index < -0.39 is 16.6 Å². The van der Waals surface area contributed by atoms with Gasteiger partial charge in [0.1, 0.15) is 24.7 Å². The molecule has 2 rings (SSSR count). The highest BCUT2D eigenvalue weighted by atomic mass is 28.4. The number of ether oxygens (including phenoxy) is 7. The van der Waals surface area contributed by atoms with Crippen molar-refractivity contribution < 1.29 is 42.0 Å². The van der Waals surface area contributed by atoms with Crippen LogP contribution in [0.5, 0.6) is 11.5 Å². The van der Waals surface area contributed by atoms with Crippen LogP contribution in [0.15, 0.2) is 48.5 Å². The lowest BCUT2D eigenvalue weighted by Gasteiger charge is -2.26. The van der Waals surface area contributed by atoms with E-state index in [1.54, 1.807) is 0 Å². The van der Waals surface area contributed by atoms with E-state index >= 15 is 0 Å². The van der Waals surface area contributed by atoms with E-state index in [1.165, 1.54) is 11.1 Å². The maximum absolute atomic E-state index is 5.86. The summed E-state index contributed by atoms with van der Waals surface area (Å²) in [4.78, 5) is 0. The average Bonchev–Trinajstić information content (AvgIpc) is 3.00. The zero-order chi connectivity index (χ0) is 33.7. The van der Waals surface area contributed by atoms with E-state index in [9.17, 15) is 0 Å². The van der Waals surface area contributed by atoms with Gasteiger partial charge in [-0.1, -0.05) is 38.1 Å². The molecule has 9 nitrogen and oxygen atoms in total. The van der Waals surface area contributed by atoms with Gasteiger partial charge in [-0.25, -0.2) is 0 Å². The Morgan fingerprint density at radius 1 is 0.391 bits per heavy atom. The molecule has 0 aliphatic carbocycles. The molecule has 262 valence electrons. The summed E-state index contributed by atoms with van der Waals surface area (Å²) in [5.41, 5.74) is 2.24. The highest BCUT2D eigenvalue weighted by Crippen LogP contribution is 2.33. The van der Waals surface area contributed by atoms with Crippen LogP contribution in [-0.4, -0.2) is 109 Å². The summed E-state index contributed by atoms with van der Waals surface area (Å²) in [6.07, 6.45) is 0. The fourth-order valence-corrected chi connectivity index (χ4v) is 5.61. The van der Waals surface area contributed by atoms with E-state index in [0.717, 1.165) is 11.5 Å². The van der Waals surface area contributed by atoms with Gasteiger partial charge in [0.25, 0.3) is 0 Å². The molecule has 2 aromatic rings. The molecule has 0 aliphatic heterocycles. The van der Waals surface area contributed by atoms with Crippen molar-refractivity contribution in [3.05, 3.63) is 59.7 Å². The van der Waals surface area contributed by atoms with Gasteiger partial charge in [0, 0.05) is 5.41 Å². The van der Waals surface area contributed by atoms with Crippen LogP contribution in [0.25, 0.3) is 0 Å². The number of hydrogen-bond acceptors (Lipinski definition) is 9. The highest BCUT2D eigenvalue weighted by Gasteiger charge is 2.23. The Hall–Kier alpha value is -1.81. The Labute approximate surface area is 280 Å². The minimum Gasteiger partial charge on any atom is -0.491 e. The second-order valence-corrected chi connectivity index (χ2v) is 22.4. The molecule has 46 heavy (non-hydrogen) atoms. The van der Waals surface area contributed by atoms with Crippen LogP contribution < -0.4 is 9.47 Å². The van der Waals surface area contributed by atoms with Gasteiger partial charge in [-0.2, -0.15) is 0 Å². The maximum atomic E-state index is 5.86. The first-order valence-electron chi connectivity index (χ1n) is 16.5. The van der Waals surface area contributed by atoms with Gasteiger partial charge in [0.2, 0.25) is 0 Å². The smallest absolute Gasteiger partial charge is 0.183 e. The standard InChI is InChI=1S/C35H60O9Si2/c1-35(2,32-11-15-34(16-12-32)42-28-24-38-20-22-40-26-30-44-46(6,7)8)31-9-13-33(14-10-31)41-27-23-37-19-17-36-18-21-39-25-29-43-45(3,4)5/h9-16H,17-30H2,1-8H3. The zero-order valence-corrected chi connectivity index (χ0v) is 31.7. The molecule has 0 aliphatic rings. The van der Waals surface area contributed by atoms with Gasteiger partial charge >= 0.3 is 0 Å². The van der Waals surface area contributed by atoms with Crippen LogP contribution in [0, 0.1) is 0 Å². The lowest BCUT2D eigenvalue weighted by molar-refractivity contribution is 0.00461. The fraction of sp³-hybridized carbons (Fsp3) is 0.657. The molecule has 0 unspecified atom stereocenters. The van der Waals surface area contributed by atoms with Gasteiger partial charge in [0.15, 0.2) is 16.6 Å². The van der Waals surface area contributed by atoms with E-state index in [4.69, 9.17) is 42.0 Å². The summed E-state index contributed by atoms with van der Waals surface area (Å²) in [7, 11) is -2.93. The molecular weight excluding hydrogens is 621 g/mol. The topological polar surface area (TPSA) is 83.1 Å².